The van der Waals surface area contributed by atoms with Gasteiger partial charge in [0.2, 0.25) is 5.91 Å². The van der Waals surface area contributed by atoms with Gasteiger partial charge in [-0.15, -0.1) is 0 Å². The average Bonchev–Trinajstić information content (AvgIpc) is 2.36. The lowest BCUT2D eigenvalue weighted by atomic mass is 10.2. The van der Waals surface area contributed by atoms with Gasteiger partial charge in [0.1, 0.15) is 12.4 Å². The van der Waals surface area contributed by atoms with Crippen LogP contribution in [0, 0.1) is 5.82 Å². The number of benzene rings is 1. The standard InChI is InChI=1S/C14H15BrFNO3/c1-9(2)17(8-14(19)20)13(18)6-3-10-7-11(15)4-5-12(10)16/h3-7,9H,8H2,1-2H3,(H,19,20)/b6-3+. The summed E-state index contributed by atoms with van der Waals surface area (Å²) in [5.74, 6) is -2.01. The van der Waals surface area contributed by atoms with E-state index in [0.29, 0.717) is 4.47 Å². The van der Waals surface area contributed by atoms with Crippen LogP contribution in [-0.4, -0.2) is 34.5 Å². The maximum absolute atomic E-state index is 13.5. The molecule has 0 bridgehead atoms. The second-order valence-corrected chi connectivity index (χ2v) is 5.37. The Kier molecular flexibility index (Phi) is 5.88. The minimum Gasteiger partial charge on any atom is -0.480 e. The van der Waals surface area contributed by atoms with Crippen LogP contribution in [0.25, 0.3) is 6.08 Å². The number of aliphatic carboxylic acids is 1. The average molecular weight is 344 g/mol. The van der Waals surface area contributed by atoms with Gasteiger partial charge in [0.05, 0.1) is 0 Å². The predicted molar refractivity (Wildman–Crippen MR) is 77.6 cm³/mol. The molecule has 20 heavy (non-hydrogen) atoms. The molecule has 4 nitrogen and oxygen atoms in total. The highest BCUT2D eigenvalue weighted by molar-refractivity contribution is 9.10. The normalized spacial score (nSPS) is 11.1. The summed E-state index contributed by atoms with van der Waals surface area (Å²) in [5.41, 5.74) is 0.256. The van der Waals surface area contributed by atoms with Gasteiger partial charge >= 0.3 is 5.97 Å². The summed E-state index contributed by atoms with van der Waals surface area (Å²) in [6, 6.07) is 4.12. The summed E-state index contributed by atoms with van der Waals surface area (Å²) in [5, 5.41) is 8.76. The highest BCUT2D eigenvalue weighted by Crippen LogP contribution is 2.17. The van der Waals surface area contributed by atoms with Crippen LogP contribution in [-0.2, 0) is 9.59 Å². The zero-order chi connectivity index (χ0) is 15.3. The molecule has 1 rings (SSSR count). The van der Waals surface area contributed by atoms with Gasteiger partial charge in [-0.05, 0) is 38.1 Å². The minimum absolute atomic E-state index is 0.254. The lowest BCUT2D eigenvalue weighted by Gasteiger charge is -2.23. The predicted octanol–water partition coefficient (Wildman–Crippen LogP) is 2.92. The SMILES string of the molecule is CC(C)N(CC(=O)O)C(=O)/C=C/c1cc(Br)ccc1F. The molecule has 0 unspecified atom stereocenters. The Balaban J connectivity index is 2.89. The third-order valence-corrected chi connectivity index (χ3v) is 3.07. The summed E-state index contributed by atoms with van der Waals surface area (Å²) >= 11 is 3.21. The molecule has 6 heteroatoms. The molecule has 0 aliphatic heterocycles. The van der Waals surface area contributed by atoms with E-state index in [1.165, 1.54) is 29.2 Å². The number of carbonyl (C=O) groups excluding carboxylic acids is 1. The largest absolute Gasteiger partial charge is 0.480 e. The first-order valence-corrected chi connectivity index (χ1v) is 6.76. The molecule has 0 aliphatic carbocycles. The van der Waals surface area contributed by atoms with Crippen molar-refractivity contribution in [3.63, 3.8) is 0 Å². The lowest BCUT2D eigenvalue weighted by molar-refractivity contribution is -0.143. The fraction of sp³-hybridized carbons (Fsp3) is 0.286. The van der Waals surface area contributed by atoms with E-state index >= 15 is 0 Å². The molecule has 0 atom stereocenters. The van der Waals surface area contributed by atoms with Gasteiger partial charge in [0.15, 0.2) is 0 Å². The molecular weight excluding hydrogens is 329 g/mol. The second kappa shape index (κ2) is 7.19. The molecule has 0 saturated carbocycles. The first kappa shape index (κ1) is 16.4. The Labute approximate surface area is 125 Å². The summed E-state index contributed by atoms with van der Waals surface area (Å²) in [7, 11) is 0. The second-order valence-electron chi connectivity index (χ2n) is 4.45. The fourth-order valence-corrected chi connectivity index (χ4v) is 1.94. The van der Waals surface area contributed by atoms with Gasteiger partial charge in [-0.1, -0.05) is 15.9 Å². The van der Waals surface area contributed by atoms with Gasteiger partial charge in [0, 0.05) is 22.2 Å². The van der Waals surface area contributed by atoms with Gasteiger partial charge in [-0.2, -0.15) is 0 Å². The van der Waals surface area contributed by atoms with Crippen LogP contribution in [0.3, 0.4) is 0 Å². The molecule has 1 amide bonds. The molecular formula is C14H15BrFNO3. The molecule has 0 aromatic heterocycles. The third-order valence-electron chi connectivity index (χ3n) is 2.58. The van der Waals surface area contributed by atoms with Crippen molar-refractivity contribution in [3.05, 3.63) is 40.1 Å². The van der Waals surface area contributed by atoms with Crippen molar-refractivity contribution < 1.29 is 19.1 Å². The number of halogens is 2. The van der Waals surface area contributed by atoms with Gasteiger partial charge < -0.3 is 10.0 Å². The minimum atomic E-state index is -1.09. The van der Waals surface area contributed by atoms with E-state index in [2.05, 4.69) is 15.9 Å². The van der Waals surface area contributed by atoms with E-state index in [4.69, 9.17) is 5.11 Å². The molecule has 1 N–H and O–H groups in total. The monoisotopic (exact) mass is 343 g/mol. The van der Waals surface area contributed by atoms with Crippen LogP contribution in [0.4, 0.5) is 4.39 Å². The van der Waals surface area contributed by atoms with Crippen molar-refractivity contribution in [1.82, 2.24) is 4.90 Å². The van der Waals surface area contributed by atoms with Gasteiger partial charge in [-0.25, -0.2) is 4.39 Å². The highest BCUT2D eigenvalue weighted by atomic mass is 79.9. The Hall–Kier alpha value is -1.69. The summed E-state index contributed by atoms with van der Waals surface area (Å²) in [6.45, 7) is 3.05. The maximum atomic E-state index is 13.5. The number of carboxylic acids is 1. The number of carboxylic acid groups (broad SMARTS) is 1. The molecule has 108 valence electrons. The van der Waals surface area contributed by atoms with Crippen molar-refractivity contribution >= 4 is 33.9 Å². The fourth-order valence-electron chi connectivity index (χ4n) is 1.56. The third kappa shape index (κ3) is 4.77. The van der Waals surface area contributed by atoms with Gasteiger partial charge in [-0.3, -0.25) is 9.59 Å². The molecule has 0 spiro atoms. The molecule has 0 saturated heterocycles. The molecule has 1 aromatic rings. The van der Waals surface area contributed by atoms with Crippen LogP contribution in [0.15, 0.2) is 28.7 Å². The van der Waals surface area contributed by atoms with E-state index in [1.54, 1.807) is 19.9 Å². The van der Waals surface area contributed by atoms with E-state index < -0.39 is 17.7 Å². The van der Waals surface area contributed by atoms with Crippen LogP contribution < -0.4 is 0 Å². The van der Waals surface area contributed by atoms with E-state index in [-0.39, 0.29) is 18.2 Å². The number of amides is 1. The maximum Gasteiger partial charge on any atom is 0.323 e. The molecule has 1 aromatic carbocycles. The van der Waals surface area contributed by atoms with E-state index in [9.17, 15) is 14.0 Å². The zero-order valence-corrected chi connectivity index (χ0v) is 12.7. The van der Waals surface area contributed by atoms with Crippen LogP contribution in [0.1, 0.15) is 19.4 Å². The van der Waals surface area contributed by atoms with Crippen molar-refractivity contribution in [1.29, 1.82) is 0 Å². The highest BCUT2D eigenvalue weighted by Gasteiger charge is 2.17. The van der Waals surface area contributed by atoms with Crippen LogP contribution in [0.5, 0.6) is 0 Å². The smallest absolute Gasteiger partial charge is 0.323 e. The number of carbonyl (C=O) groups is 2. The van der Waals surface area contributed by atoms with Gasteiger partial charge in [0.25, 0.3) is 0 Å². The number of hydrogen-bond donors (Lipinski definition) is 1. The van der Waals surface area contributed by atoms with Crippen molar-refractivity contribution in [2.75, 3.05) is 6.54 Å². The molecule has 0 fully saturated rings. The summed E-state index contributed by atoms with van der Waals surface area (Å²) < 4.78 is 14.2. The topological polar surface area (TPSA) is 57.6 Å². The first-order valence-electron chi connectivity index (χ1n) is 5.96. The Bertz CT molecular complexity index is 543. The Morgan fingerprint density at radius 2 is 2.10 bits per heavy atom. The number of nitrogens with zero attached hydrogens (tertiary/aromatic N) is 1. The summed E-state index contributed by atoms with van der Waals surface area (Å²) in [6.07, 6.45) is 2.51. The zero-order valence-electron chi connectivity index (χ0n) is 11.1. The quantitative estimate of drug-likeness (QED) is 0.836. The van der Waals surface area contributed by atoms with Crippen LogP contribution >= 0.6 is 15.9 Å². The molecule has 0 heterocycles. The number of rotatable bonds is 5. The van der Waals surface area contributed by atoms with E-state index in [1.807, 2.05) is 0 Å². The lowest BCUT2D eigenvalue weighted by Crippen LogP contribution is -2.39. The molecule has 0 aliphatic rings. The Morgan fingerprint density at radius 1 is 1.45 bits per heavy atom. The van der Waals surface area contributed by atoms with Crippen molar-refractivity contribution in [3.8, 4) is 0 Å². The van der Waals surface area contributed by atoms with Crippen LogP contribution in [0.2, 0.25) is 0 Å². The van der Waals surface area contributed by atoms with E-state index in [0.717, 1.165) is 0 Å². The summed E-state index contributed by atoms with van der Waals surface area (Å²) in [4.78, 5) is 23.8. The number of hydrogen-bond acceptors (Lipinski definition) is 2. The Morgan fingerprint density at radius 3 is 2.65 bits per heavy atom. The van der Waals surface area contributed by atoms with Crippen molar-refractivity contribution in [2.24, 2.45) is 0 Å². The first-order chi connectivity index (χ1) is 9.31. The molecule has 0 radical (unpaired) electrons. The van der Waals surface area contributed by atoms with Crippen molar-refractivity contribution in [2.45, 2.75) is 19.9 Å².